The summed E-state index contributed by atoms with van der Waals surface area (Å²) in [6, 6.07) is 0.763. The lowest BCUT2D eigenvalue weighted by Gasteiger charge is -2.40. The molecule has 132 valence electrons. The molecule has 0 aromatic heterocycles. The van der Waals surface area contributed by atoms with Gasteiger partial charge in [0, 0.05) is 0 Å². The minimum atomic E-state index is -10.4. The molecule has 0 amide bonds. The van der Waals surface area contributed by atoms with Crippen LogP contribution in [-0.2, 0) is 0 Å². The first kappa shape index (κ1) is 18.2. The van der Waals surface area contributed by atoms with Crippen molar-refractivity contribution in [1.29, 1.82) is 0 Å². The molecule has 0 radical (unpaired) electrons. The summed E-state index contributed by atoms with van der Waals surface area (Å²) in [5.41, 5.74) is 1.43. The zero-order chi connectivity index (χ0) is 17.5. The third-order valence-corrected chi connectivity index (χ3v) is 5.03. The fraction of sp³-hybridized carbons (Fsp3) is 0.467. The SMILES string of the molecule is CCCC1=C(c2cc(F)c(S(F)(F)(F)(F)F)c(F)c2)CCCC1. The topological polar surface area (TPSA) is 0 Å². The van der Waals surface area contributed by atoms with Crippen molar-refractivity contribution in [3.8, 4) is 0 Å². The zero-order valence-electron chi connectivity index (χ0n) is 12.5. The maximum Gasteiger partial charge on any atom is 0.315 e. The van der Waals surface area contributed by atoms with E-state index >= 15 is 0 Å². The molecule has 1 aliphatic carbocycles. The van der Waals surface area contributed by atoms with Crippen LogP contribution >= 0.6 is 10.2 Å². The van der Waals surface area contributed by atoms with Crippen LogP contribution in [0.4, 0.5) is 28.2 Å². The van der Waals surface area contributed by atoms with Gasteiger partial charge in [0.05, 0.1) is 0 Å². The van der Waals surface area contributed by atoms with Gasteiger partial charge in [-0.15, -0.1) is 0 Å². The van der Waals surface area contributed by atoms with Crippen LogP contribution in [0.15, 0.2) is 22.6 Å². The second-order valence-corrected chi connectivity index (χ2v) is 8.12. The van der Waals surface area contributed by atoms with E-state index in [2.05, 4.69) is 0 Å². The molecular formula is C15H17F7S. The highest BCUT2D eigenvalue weighted by molar-refractivity contribution is 8.45. The molecule has 1 aromatic carbocycles. The van der Waals surface area contributed by atoms with Crippen molar-refractivity contribution in [3.63, 3.8) is 0 Å². The molecule has 0 saturated carbocycles. The Bertz CT molecular complexity index is 635. The molecule has 0 bridgehead atoms. The van der Waals surface area contributed by atoms with E-state index in [-0.39, 0.29) is 5.56 Å². The number of hydrogen-bond acceptors (Lipinski definition) is 0. The fourth-order valence-corrected chi connectivity index (χ4v) is 3.85. The van der Waals surface area contributed by atoms with Crippen LogP contribution in [0.1, 0.15) is 51.0 Å². The smallest absolute Gasteiger partial charge is 0.205 e. The fourth-order valence-electron chi connectivity index (χ4n) is 3.00. The Hall–Kier alpha value is -1.18. The first-order valence-corrected chi connectivity index (χ1v) is 9.23. The predicted molar refractivity (Wildman–Crippen MR) is 78.1 cm³/mol. The molecule has 8 heteroatoms. The number of hydrogen-bond donors (Lipinski definition) is 0. The van der Waals surface area contributed by atoms with Gasteiger partial charge in [0.2, 0.25) is 0 Å². The second kappa shape index (κ2) is 5.16. The first-order chi connectivity index (χ1) is 10.3. The Morgan fingerprint density at radius 1 is 0.913 bits per heavy atom. The third kappa shape index (κ3) is 4.02. The van der Waals surface area contributed by atoms with Gasteiger partial charge >= 0.3 is 10.2 Å². The minimum absolute atomic E-state index is 0.0752. The van der Waals surface area contributed by atoms with Gasteiger partial charge in [0.15, 0.2) is 4.90 Å². The quantitative estimate of drug-likeness (QED) is 0.480. The highest BCUT2D eigenvalue weighted by Crippen LogP contribution is 3.02. The van der Waals surface area contributed by atoms with Crippen LogP contribution < -0.4 is 0 Å². The van der Waals surface area contributed by atoms with Crippen molar-refractivity contribution in [1.82, 2.24) is 0 Å². The number of rotatable bonds is 4. The van der Waals surface area contributed by atoms with E-state index < -0.39 is 26.8 Å². The van der Waals surface area contributed by atoms with E-state index in [4.69, 9.17) is 0 Å². The second-order valence-electron chi connectivity index (χ2n) is 5.78. The Morgan fingerprint density at radius 3 is 1.91 bits per heavy atom. The molecule has 0 atom stereocenters. The summed E-state index contributed by atoms with van der Waals surface area (Å²) in [6.45, 7) is 1.91. The molecule has 0 unspecified atom stereocenters. The lowest BCUT2D eigenvalue weighted by molar-refractivity contribution is 0.344. The molecular weight excluding hydrogens is 345 g/mol. The Labute approximate surface area is 130 Å². The normalized spacial score (nSPS) is 19.5. The lowest BCUT2D eigenvalue weighted by Crippen LogP contribution is -2.12. The van der Waals surface area contributed by atoms with Crippen LogP contribution in [-0.4, -0.2) is 0 Å². The minimum Gasteiger partial charge on any atom is -0.205 e. The number of halogens is 7. The number of benzene rings is 1. The Kier molecular flexibility index (Phi) is 4.07. The van der Waals surface area contributed by atoms with Crippen molar-refractivity contribution in [2.75, 3.05) is 0 Å². The summed E-state index contributed by atoms with van der Waals surface area (Å²) in [5, 5.41) is 0. The average molecular weight is 362 g/mol. The van der Waals surface area contributed by atoms with Gasteiger partial charge < -0.3 is 0 Å². The van der Waals surface area contributed by atoms with E-state index in [1.165, 1.54) is 0 Å². The van der Waals surface area contributed by atoms with Crippen LogP contribution in [0.25, 0.3) is 5.57 Å². The van der Waals surface area contributed by atoms with Crippen molar-refractivity contribution >= 4 is 15.8 Å². The molecule has 0 spiro atoms. The van der Waals surface area contributed by atoms with Gasteiger partial charge in [0.25, 0.3) is 0 Å². The maximum absolute atomic E-state index is 13.7. The van der Waals surface area contributed by atoms with Gasteiger partial charge in [-0.05, 0) is 55.4 Å². The van der Waals surface area contributed by atoms with Crippen molar-refractivity contribution in [3.05, 3.63) is 34.9 Å². The predicted octanol–water partition coefficient (Wildman–Crippen LogP) is 7.75. The average Bonchev–Trinajstić information content (AvgIpc) is 2.35. The highest BCUT2D eigenvalue weighted by atomic mass is 32.5. The number of allylic oxidation sites excluding steroid dienone is 2. The summed E-state index contributed by atoms with van der Waals surface area (Å²) >= 11 is 0. The molecule has 1 aromatic rings. The summed E-state index contributed by atoms with van der Waals surface area (Å²) in [7, 11) is -10.4. The van der Waals surface area contributed by atoms with E-state index in [0.717, 1.165) is 24.8 Å². The van der Waals surface area contributed by atoms with Crippen LogP contribution in [0, 0.1) is 11.6 Å². The lowest BCUT2D eigenvalue weighted by atomic mass is 9.85. The summed E-state index contributed by atoms with van der Waals surface area (Å²) < 4.78 is 91.2. The molecule has 1 aliphatic rings. The zero-order valence-corrected chi connectivity index (χ0v) is 13.3. The van der Waals surface area contributed by atoms with Crippen molar-refractivity contribution in [2.24, 2.45) is 0 Å². The van der Waals surface area contributed by atoms with Gasteiger partial charge in [-0.1, -0.05) is 38.3 Å². The molecule has 0 nitrogen and oxygen atoms in total. The molecule has 23 heavy (non-hydrogen) atoms. The Morgan fingerprint density at radius 2 is 1.43 bits per heavy atom. The van der Waals surface area contributed by atoms with Crippen molar-refractivity contribution in [2.45, 2.75) is 50.3 Å². The molecule has 0 saturated heterocycles. The molecule has 0 N–H and O–H groups in total. The third-order valence-electron chi connectivity index (χ3n) is 3.87. The first-order valence-electron chi connectivity index (χ1n) is 7.28. The van der Waals surface area contributed by atoms with Crippen LogP contribution in [0.2, 0.25) is 0 Å². The monoisotopic (exact) mass is 362 g/mol. The van der Waals surface area contributed by atoms with E-state index in [1.54, 1.807) is 0 Å². The van der Waals surface area contributed by atoms with Crippen LogP contribution in [0.5, 0.6) is 0 Å². The maximum atomic E-state index is 13.7. The molecule has 0 aliphatic heterocycles. The van der Waals surface area contributed by atoms with Gasteiger partial charge in [-0.2, -0.15) is 0 Å². The molecule has 0 fully saturated rings. The van der Waals surface area contributed by atoms with Crippen LogP contribution in [0.3, 0.4) is 0 Å². The van der Waals surface area contributed by atoms with Gasteiger partial charge in [-0.3, -0.25) is 0 Å². The largest absolute Gasteiger partial charge is 0.315 e. The summed E-state index contributed by atoms with van der Waals surface area (Å²) in [4.78, 5) is -3.05. The standard InChI is InChI=1S/C15H17F7S/c1-2-5-10-6-3-4-7-12(10)11-8-13(16)15(14(17)9-11)23(18,19,20,21)22/h8-9H,2-7H2,1H3. The van der Waals surface area contributed by atoms with Crippen molar-refractivity contribution < 1.29 is 28.2 Å². The van der Waals surface area contributed by atoms with E-state index in [9.17, 15) is 28.2 Å². The van der Waals surface area contributed by atoms with E-state index in [0.29, 0.717) is 37.0 Å². The summed E-state index contributed by atoms with van der Waals surface area (Å²) in [6.07, 6.45) is 4.28. The molecule has 0 heterocycles. The van der Waals surface area contributed by atoms with Gasteiger partial charge in [0.1, 0.15) is 11.6 Å². The van der Waals surface area contributed by atoms with E-state index in [1.807, 2.05) is 6.92 Å². The van der Waals surface area contributed by atoms with Gasteiger partial charge in [-0.25, -0.2) is 8.78 Å². The summed E-state index contributed by atoms with van der Waals surface area (Å²) in [5.74, 6) is -4.51. The Balaban J connectivity index is 2.62. The molecule has 2 rings (SSSR count). The highest BCUT2D eigenvalue weighted by Gasteiger charge is 2.68.